The third-order valence-corrected chi connectivity index (χ3v) is 16.4. The minimum atomic E-state index is -0.561. The van der Waals surface area contributed by atoms with E-state index in [2.05, 4.69) is 278 Å². The van der Waals surface area contributed by atoms with Gasteiger partial charge in [-0.2, -0.15) is 0 Å². The van der Waals surface area contributed by atoms with Gasteiger partial charge in [-0.3, -0.25) is 0 Å². The van der Waals surface area contributed by atoms with E-state index in [1.54, 1.807) is 0 Å². The molecule has 0 saturated heterocycles. The molecule has 2 nitrogen and oxygen atoms in total. The largest absolute Gasteiger partial charge is 0.310 e. The Hall–Kier alpha value is -8.98. The van der Waals surface area contributed by atoms with Crippen molar-refractivity contribution < 1.29 is 0 Å². The molecule has 15 rings (SSSR count). The smallest absolute Gasteiger partial charge is 0.0725 e. The molecule has 11 aromatic carbocycles. The third-order valence-electron chi connectivity index (χ3n) is 16.4. The zero-order valence-electron chi connectivity index (χ0n) is 40.1. The monoisotopic (exact) mass is 916 g/mol. The van der Waals surface area contributed by atoms with E-state index < -0.39 is 5.41 Å². The van der Waals surface area contributed by atoms with Crippen molar-refractivity contribution in [1.82, 2.24) is 0 Å². The van der Waals surface area contributed by atoms with Crippen molar-refractivity contribution in [1.29, 1.82) is 0 Å². The average Bonchev–Trinajstić information content (AvgIpc) is 3.76. The highest BCUT2D eigenvalue weighted by atomic mass is 15.2. The van der Waals surface area contributed by atoms with E-state index in [0.29, 0.717) is 0 Å². The summed E-state index contributed by atoms with van der Waals surface area (Å²) in [5.41, 5.74) is 29.0. The molecule has 0 fully saturated rings. The van der Waals surface area contributed by atoms with Crippen LogP contribution in [0.4, 0.5) is 34.1 Å². The van der Waals surface area contributed by atoms with Gasteiger partial charge in [0.2, 0.25) is 0 Å². The third kappa shape index (κ3) is 5.55. The molecule has 72 heavy (non-hydrogen) atoms. The molecule has 0 radical (unpaired) electrons. The van der Waals surface area contributed by atoms with Crippen molar-refractivity contribution in [2.24, 2.45) is 0 Å². The minimum Gasteiger partial charge on any atom is -0.310 e. The summed E-state index contributed by atoms with van der Waals surface area (Å²) < 4.78 is 0. The first-order chi connectivity index (χ1) is 35.5. The Balaban J connectivity index is 0.997. The van der Waals surface area contributed by atoms with E-state index >= 15 is 0 Å². The molecule has 2 heteroatoms. The van der Waals surface area contributed by atoms with Crippen LogP contribution in [-0.4, -0.2) is 0 Å². The van der Waals surface area contributed by atoms with Gasteiger partial charge in [0.05, 0.1) is 16.8 Å². The summed E-state index contributed by atoms with van der Waals surface area (Å²) in [5.74, 6) is 0. The van der Waals surface area contributed by atoms with Gasteiger partial charge in [-0.25, -0.2) is 0 Å². The van der Waals surface area contributed by atoms with Crippen molar-refractivity contribution in [2.75, 3.05) is 9.80 Å². The lowest BCUT2D eigenvalue weighted by molar-refractivity contribution is 0.660. The van der Waals surface area contributed by atoms with Crippen LogP contribution in [0.15, 0.2) is 255 Å². The van der Waals surface area contributed by atoms with Crippen molar-refractivity contribution in [3.8, 4) is 66.8 Å². The Kier molecular flexibility index (Phi) is 8.66. The molecule has 0 saturated carbocycles. The maximum Gasteiger partial charge on any atom is 0.0725 e. The highest BCUT2D eigenvalue weighted by molar-refractivity contribution is 6.04. The number of hydrogen-bond acceptors (Lipinski definition) is 2. The molecule has 1 spiro atoms. The number of fused-ring (bicyclic) bond motifs is 20. The lowest BCUT2D eigenvalue weighted by Crippen LogP contribution is -2.29. The zero-order valence-corrected chi connectivity index (χ0v) is 40.1. The summed E-state index contributed by atoms with van der Waals surface area (Å²) in [7, 11) is 0. The summed E-state index contributed by atoms with van der Waals surface area (Å²) in [6, 6.07) is 95.7. The fraction of sp³-hybridized carbons (Fsp3) is 0.0571. The van der Waals surface area contributed by atoms with Gasteiger partial charge in [-0.05, 0) is 150 Å². The second kappa shape index (κ2) is 15.3. The predicted molar refractivity (Wildman–Crippen MR) is 300 cm³/mol. The van der Waals surface area contributed by atoms with Crippen LogP contribution in [0, 0.1) is 0 Å². The standard InChI is InChI=1S/C70H48N2/c1-69(2)61-31-15-10-28-55(61)57-39-36-48(44-66(57)69)71(47-38-41-68-60(43-47)52-25-9-8-24-51(52)58-30-14-19-35-67(58)72(68)45-20-4-3-5-21-45)46-37-40-65-59(42-46)56-29-13-18-34-64(56)70(65)62-32-16-11-26-53(62)49-22-6-7-23-50(49)54-27-12-17-33-63(54)70/h3-44H,1-2H3. The Labute approximate surface area is 421 Å². The molecule has 0 aromatic heterocycles. The Morgan fingerprint density at radius 2 is 0.639 bits per heavy atom. The number of nitrogens with zero attached hydrogens (tertiary/aromatic N) is 2. The molecule has 0 unspecified atom stereocenters. The van der Waals surface area contributed by atoms with Gasteiger partial charge in [0.15, 0.2) is 0 Å². The summed E-state index contributed by atoms with van der Waals surface area (Å²) in [4.78, 5) is 4.96. The fourth-order valence-electron chi connectivity index (χ4n) is 13.4. The topological polar surface area (TPSA) is 6.48 Å². The number of anilines is 6. The first-order valence-electron chi connectivity index (χ1n) is 25.3. The molecule has 4 aliphatic rings. The molecule has 11 aromatic rings. The molecule has 0 bridgehead atoms. The maximum atomic E-state index is 2.52. The highest BCUT2D eigenvalue weighted by Gasteiger charge is 2.50. The lowest BCUT2D eigenvalue weighted by Gasteiger charge is -2.35. The van der Waals surface area contributed by atoms with Crippen LogP contribution in [0.25, 0.3) is 66.8 Å². The van der Waals surface area contributed by atoms with Crippen LogP contribution in [0.3, 0.4) is 0 Å². The number of rotatable bonds is 4. The molecule has 1 aliphatic heterocycles. The first kappa shape index (κ1) is 40.9. The molecular weight excluding hydrogens is 869 g/mol. The van der Waals surface area contributed by atoms with Gasteiger partial charge in [0.25, 0.3) is 0 Å². The normalized spacial score (nSPS) is 14.2. The van der Waals surface area contributed by atoms with E-state index in [0.717, 1.165) is 34.1 Å². The van der Waals surface area contributed by atoms with Gasteiger partial charge < -0.3 is 9.80 Å². The van der Waals surface area contributed by atoms with E-state index in [1.165, 1.54) is 100 Å². The summed E-state index contributed by atoms with van der Waals surface area (Å²) in [6.45, 7) is 4.76. The second-order valence-electron chi connectivity index (χ2n) is 20.3. The van der Waals surface area contributed by atoms with Crippen molar-refractivity contribution >= 4 is 34.1 Å². The van der Waals surface area contributed by atoms with Crippen LogP contribution in [0.2, 0.25) is 0 Å². The highest BCUT2D eigenvalue weighted by Crippen LogP contribution is 2.63. The van der Waals surface area contributed by atoms with E-state index in [9.17, 15) is 0 Å². The first-order valence-corrected chi connectivity index (χ1v) is 25.3. The average molecular weight is 917 g/mol. The number of benzene rings is 11. The van der Waals surface area contributed by atoms with Crippen molar-refractivity contribution in [3.05, 3.63) is 288 Å². The predicted octanol–water partition coefficient (Wildman–Crippen LogP) is 18.6. The Bertz CT molecular complexity index is 3980. The molecule has 0 amide bonds. The van der Waals surface area contributed by atoms with Crippen LogP contribution in [-0.2, 0) is 10.8 Å². The molecule has 0 atom stereocenters. The maximum absolute atomic E-state index is 2.52. The quantitative estimate of drug-likeness (QED) is 0.174. The summed E-state index contributed by atoms with van der Waals surface area (Å²) >= 11 is 0. The van der Waals surface area contributed by atoms with Crippen molar-refractivity contribution in [3.63, 3.8) is 0 Å². The minimum absolute atomic E-state index is 0.177. The van der Waals surface area contributed by atoms with Crippen LogP contribution >= 0.6 is 0 Å². The number of hydrogen-bond donors (Lipinski definition) is 0. The van der Waals surface area contributed by atoms with E-state index in [-0.39, 0.29) is 5.41 Å². The van der Waals surface area contributed by atoms with Crippen LogP contribution < -0.4 is 9.80 Å². The summed E-state index contributed by atoms with van der Waals surface area (Å²) in [5, 5.41) is 0. The van der Waals surface area contributed by atoms with Crippen LogP contribution in [0.1, 0.15) is 47.2 Å². The molecule has 0 N–H and O–H groups in total. The zero-order chi connectivity index (χ0) is 47.7. The number of para-hydroxylation sites is 2. The van der Waals surface area contributed by atoms with Gasteiger partial charge >= 0.3 is 0 Å². The Morgan fingerprint density at radius 3 is 1.25 bits per heavy atom. The fourth-order valence-corrected chi connectivity index (χ4v) is 13.4. The van der Waals surface area contributed by atoms with Gasteiger partial charge in [0.1, 0.15) is 0 Å². The van der Waals surface area contributed by atoms with E-state index in [1.807, 2.05) is 0 Å². The Morgan fingerprint density at radius 1 is 0.264 bits per heavy atom. The van der Waals surface area contributed by atoms with E-state index in [4.69, 9.17) is 0 Å². The van der Waals surface area contributed by atoms with Crippen LogP contribution in [0.5, 0.6) is 0 Å². The summed E-state index contributed by atoms with van der Waals surface area (Å²) in [6.07, 6.45) is 0. The van der Waals surface area contributed by atoms with Gasteiger partial charge in [-0.1, -0.05) is 208 Å². The molecular formula is C70H48N2. The second-order valence-corrected chi connectivity index (χ2v) is 20.3. The molecule has 338 valence electrons. The SMILES string of the molecule is CC1(C)c2ccccc2-c2ccc(N(c3ccc4c(c3)-c3ccccc3-c3ccccc3N4c3ccccc3)c3ccc4c(c3)-c3ccccc3C43c4ccccc4-c4ccccc4-c4ccccc43)cc21. The van der Waals surface area contributed by atoms with Gasteiger partial charge in [0, 0.05) is 39.3 Å². The van der Waals surface area contributed by atoms with Crippen molar-refractivity contribution in [2.45, 2.75) is 24.7 Å². The molecule has 3 aliphatic carbocycles. The lowest BCUT2D eigenvalue weighted by atomic mass is 9.66. The van der Waals surface area contributed by atoms with Gasteiger partial charge in [-0.15, -0.1) is 0 Å². The molecule has 1 heterocycles.